The number of hydrogen-bond acceptors (Lipinski definition) is 4. The maximum Gasteiger partial charge on any atom is 0.103 e. The van der Waals surface area contributed by atoms with E-state index in [0.717, 1.165) is 18.7 Å². The van der Waals surface area contributed by atoms with Gasteiger partial charge in [0, 0.05) is 23.2 Å². The quantitative estimate of drug-likeness (QED) is 0.811. The number of nitrogens with one attached hydrogen (secondary N) is 1. The highest BCUT2D eigenvalue weighted by atomic mass is 32.2. The predicted molar refractivity (Wildman–Crippen MR) is 75.3 cm³/mol. The van der Waals surface area contributed by atoms with Crippen molar-refractivity contribution in [2.45, 2.75) is 52.0 Å². The van der Waals surface area contributed by atoms with Gasteiger partial charge in [0.2, 0.25) is 0 Å². The van der Waals surface area contributed by atoms with Crippen molar-refractivity contribution in [3.8, 4) is 0 Å². The summed E-state index contributed by atoms with van der Waals surface area (Å²) < 4.78 is 0. The SMILES string of the molecule is CCCc1nc(CSC)sc1CNC(C)C. The second-order valence-electron chi connectivity index (χ2n) is 4.20. The summed E-state index contributed by atoms with van der Waals surface area (Å²) >= 11 is 3.72. The Balaban J connectivity index is 2.70. The Hall–Kier alpha value is -0.0600. The molecule has 1 heterocycles. The summed E-state index contributed by atoms with van der Waals surface area (Å²) in [5.74, 6) is 1.04. The Morgan fingerprint density at radius 3 is 2.75 bits per heavy atom. The molecule has 16 heavy (non-hydrogen) atoms. The van der Waals surface area contributed by atoms with Crippen molar-refractivity contribution >= 4 is 23.1 Å². The number of aryl methyl sites for hydroxylation is 1. The van der Waals surface area contributed by atoms with Crippen molar-refractivity contribution in [1.82, 2.24) is 10.3 Å². The molecule has 0 spiro atoms. The molecule has 1 aromatic rings. The lowest BCUT2D eigenvalue weighted by molar-refractivity contribution is 0.589. The van der Waals surface area contributed by atoms with Crippen LogP contribution in [0.4, 0.5) is 0 Å². The molecule has 0 amide bonds. The topological polar surface area (TPSA) is 24.9 Å². The molecule has 0 atom stereocenters. The summed E-state index contributed by atoms with van der Waals surface area (Å²) in [6.45, 7) is 7.55. The normalized spacial score (nSPS) is 11.3. The van der Waals surface area contributed by atoms with Gasteiger partial charge in [-0.1, -0.05) is 27.2 Å². The van der Waals surface area contributed by atoms with Gasteiger partial charge < -0.3 is 5.32 Å². The second kappa shape index (κ2) is 7.30. The monoisotopic (exact) mass is 258 g/mol. The maximum absolute atomic E-state index is 4.73. The minimum atomic E-state index is 0.542. The number of aromatic nitrogens is 1. The van der Waals surface area contributed by atoms with Crippen molar-refractivity contribution in [2.24, 2.45) is 0 Å². The fourth-order valence-corrected chi connectivity index (χ4v) is 3.25. The first-order valence-corrected chi connectivity index (χ1v) is 8.08. The zero-order chi connectivity index (χ0) is 12.0. The van der Waals surface area contributed by atoms with E-state index in [1.165, 1.54) is 22.0 Å². The van der Waals surface area contributed by atoms with Crippen LogP contribution < -0.4 is 5.32 Å². The number of thioether (sulfide) groups is 1. The van der Waals surface area contributed by atoms with Crippen LogP contribution in [0.3, 0.4) is 0 Å². The third kappa shape index (κ3) is 4.44. The lowest BCUT2D eigenvalue weighted by Gasteiger charge is -2.07. The molecule has 0 aromatic carbocycles. The molecule has 1 aromatic heterocycles. The average Bonchev–Trinajstić information content (AvgIpc) is 2.59. The van der Waals surface area contributed by atoms with Crippen molar-refractivity contribution < 1.29 is 0 Å². The van der Waals surface area contributed by atoms with Crippen LogP contribution in [0, 0.1) is 0 Å². The lowest BCUT2D eigenvalue weighted by atomic mass is 10.2. The summed E-state index contributed by atoms with van der Waals surface area (Å²) in [4.78, 5) is 6.16. The van der Waals surface area contributed by atoms with Gasteiger partial charge in [-0.2, -0.15) is 11.8 Å². The van der Waals surface area contributed by atoms with Gasteiger partial charge in [0.1, 0.15) is 5.01 Å². The van der Waals surface area contributed by atoms with Crippen LogP contribution in [-0.2, 0) is 18.7 Å². The van der Waals surface area contributed by atoms with Crippen LogP contribution >= 0.6 is 23.1 Å². The van der Waals surface area contributed by atoms with Crippen molar-refractivity contribution in [3.05, 3.63) is 15.6 Å². The molecule has 0 aliphatic heterocycles. The molecular formula is C12H22N2S2. The van der Waals surface area contributed by atoms with E-state index in [1.54, 1.807) is 0 Å². The average molecular weight is 258 g/mol. The van der Waals surface area contributed by atoms with E-state index in [0.29, 0.717) is 6.04 Å². The lowest BCUT2D eigenvalue weighted by Crippen LogP contribution is -2.21. The molecule has 0 saturated heterocycles. The van der Waals surface area contributed by atoms with Gasteiger partial charge in [0.15, 0.2) is 0 Å². The smallest absolute Gasteiger partial charge is 0.103 e. The summed E-state index contributed by atoms with van der Waals surface area (Å²) in [6, 6.07) is 0.542. The largest absolute Gasteiger partial charge is 0.310 e. The molecule has 92 valence electrons. The van der Waals surface area contributed by atoms with Gasteiger partial charge in [0.05, 0.1) is 5.69 Å². The summed E-state index contributed by atoms with van der Waals surface area (Å²) in [5.41, 5.74) is 1.31. The van der Waals surface area contributed by atoms with E-state index in [9.17, 15) is 0 Å². The first-order valence-electron chi connectivity index (χ1n) is 5.87. The van der Waals surface area contributed by atoms with Gasteiger partial charge in [0.25, 0.3) is 0 Å². The van der Waals surface area contributed by atoms with Gasteiger partial charge >= 0.3 is 0 Å². The van der Waals surface area contributed by atoms with Crippen LogP contribution in [0.2, 0.25) is 0 Å². The third-order valence-electron chi connectivity index (χ3n) is 2.25. The Labute approximate surface area is 107 Å². The maximum atomic E-state index is 4.73. The predicted octanol–water partition coefficient (Wildman–Crippen LogP) is 3.46. The molecule has 1 N–H and O–H groups in total. The van der Waals surface area contributed by atoms with E-state index in [2.05, 4.69) is 32.3 Å². The van der Waals surface area contributed by atoms with Crippen LogP contribution in [0.5, 0.6) is 0 Å². The molecule has 1 rings (SSSR count). The molecule has 0 bridgehead atoms. The summed E-state index contributed by atoms with van der Waals surface area (Å²) in [6.07, 6.45) is 4.42. The summed E-state index contributed by atoms with van der Waals surface area (Å²) in [5, 5.41) is 4.75. The van der Waals surface area contributed by atoms with Crippen molar-refractivity contribution in [2.75, 3.05) is 6.26 Å². The Kier molecular flexibility index (Phi) is 6.39. The molecule has 0 saturated carbocycles. The second-order valence-corrected chi connectivity index (χ2v) is 6.23. The van der Waals surface area contributed by atoms with Gasteiger partial charge in [-0.15, -0.1) is 11.3 Å². The Morgan fingerprint density at radius 1 is 1.44 bits per heavy atom. The fourth-order valence-electron chi connectivity index (χ4n) is 1.49. The van der Waals surface area contributed by atoms with Gasteiger partial charge in [-0.05, 0) is 12.7 Å². The van der Waals surface area contributed by atoms with E-state index >= 15 is 0 Å². The third-order valence-corrected chi connectivity index (χ3v) is 4.09. The number of hydrogen-bond donors (Lipinski definition) is 1. The molecule has 0 unspecified atom stereocenters. The number of nitrogens with zero attached hydrogens (tertiary/aromatic N) is 1. The highest BCUT2D eigenvalue weighted by Crippen LogP contribution is 2.23. The minimum absolute atomic E-state index is 0.542. The molecular weight excluding hydrogens is 236 g/mol. The van der Waals surface area contributed by atoms with E-state index in [-0.39, 0.29) is 0 Å². The van der Waals surface area contributed by atoms with E-state index in [4.69, 9.17) is 4.98 Å². The molecule has 4 heteroatoms. The van der Waals surface area contributed by atoms with Crippen LogP contribution in [-0.4, -0.2) is 17.3 Å². The summed E-state index contributed by atoms with van der Waals surface area (Å²) in [7, 11) is 0. The van der Waals surface area contributed by atoms with Crippen LogP contribution in [0.1, 0.15) is 42.8 Å². The Bertz CT molecular complexity index is 308. The highest BCUT2D eigenvalue weighted by molar-refractivity contribution is 7.97. The molecule has 0 aliphatic carbocycles. The van der Waals surface area contributed by atoms with Crippen LogP contribution in [0.15, 0.2) is 0 Å². The van der Waals surface area contributed by atoms with E-state index in [1.807, 2.05) is 23.1 Å². The molecule has 0 fully saturated rings. The Morgan fingerprint density at radius 2 is 2.19 bits per heavy atom. The van der Waals surface area contributed by atoms with Gasteiger partial charge in [-0.3, -0.25) is 0 Å². The zero-order valence-electron chi connectivity index (χ0n) is 10.7. The van der Waals surface area contributed by atoms with Gasteiger partial charge in [-0.25, -0.2) is 4.98 Å². The van der Waals surface area contributed by atoms with Crippen molar-refractivity contribution in [1.29, 1.82) is 0 Å². The number of thiazole rings is 1. The molecule has 0 aliphatic rings. The highest BCUT2D eigenvalue weighted by Gasteiger charge is 2.10. The zero-order valence-corrected chi connectivity index (χ0v) is 12.3. The van der Waals surface area contributed by atoms with E-state index < -0.39 is 0 Å². The first-order chi connectivity index (χ1) is 7.67. The molecule has 0 radical (unpaired) electrons. The standard InChI is InChI=1S/C12H22N2S2/c1-5-6-10-11(7-13-9(2)3)16-12(14-10)8-15-4/h9,13H,5-8H2,1-4H3. The first kappa shape index (κ1) is 14.0. The van der Waals surface area contributed by atoms with Crippen molar-refractivity contribution in [3.63, 3.8) is 0 Å². The number of rotatable bonds is 7. The fraction of sp³-hybridized carbons (Fsp3) is 0.750. The minimum Gasteiger partial charge on any atom is -0.310 e. The van der Waals surface area contributed by atoms with Crippen LogP contribution in [0.25, 0.3) is 0 Å². The molecule has 2 nitrogen and oxygen atoms in total.